The van der Waals surface area contributed by atoms with E-state index in [-0.39, 0.29) is 29.7 Å². The Balaban J connectivity index is 1.31. The summed E-state index contributed by atoms with van der Waals surface area (Å²) in [7, 11) is 1.63. The maximum absolute atomic E-state index is 12.9. The van der Waals surface area contributed by atoms with Gasteiger partial charge in [0.2, 0.25) is 11.8 Å². The second-order valence-corrected chi connectivity index (χ2v) is 8.13. The zero-order valence-electron chi connectivity index (χ0n) is 18.2. The zero-order valence-corrected chi connectivity index (χ0v) is 18.2. The predicted molar refractivity (Wildman–Crippen MR) is 124 cm³/mol. The number of methoxy groups -OCH3 is 1. The number of carbonyl (C=O) groups is 2. The quantitative estimate of drug-likeness (QED) is 0.548. The van der Waals surface area contributed by atoms with E-state index >= 15 is 0 Å². The Morgan fingerprint density at radius 3 is 2.19 bits per heavy atom. The zero-order chi connectivity index (χ0) is 22.4. The molecule has 1 fully saturated rings. The summed E-state index contributed by atoms with van der Waals surface area (Å²) in [6, 6.07) is 28.0. The fourth-order valence-corrected chi connectivity index (χ4v) is 4.38. The number of benzene rings is 3. The van der Waals surface area contributed by atoms with Crippen LogP contribution in [0.25, 0.3) is 0 Å². The molecule has 2 amide bonds. The van der Waals surface area contributed by atoms with Gasteiger partial charge < -0.3 is 15.4 Å². The molecule has 5 heteroatoms. The molecule has 0 saturated heterocycles. The highest BCUT2D eigenvalue weighted by Gasteiger charge is 2.60. The van der Waals surface area contributed by atoms with Crippen molar-refractivity contribution in [1.82, 2.24) is 10.6 Å². The number of hydrogen-bond donors (Lipinski definition) is 2. The van der Waals surface area contributed by atoms with Crippen LogP contribution in [0.15, 0.2) is 84.9 Å². The highest BCUT2D eigenvalue weighted by atomic mass is 16.5. The smallest absolute Gasteiger partial charge is 0.239 e. The maximum Gasteiger partial charge on any atom is 0.239 e. The first-order valence-electron chi connectivity index (χ1n) is 10.9. The molecule has 32 heavy (non-hydrogen) atoms. The molecular weight excluding hydrogens is 400 g/mol. The maximum atomic E-state index is 12.9. The van der Waals surface area contributed by atoms with Gasteiger partial charge in [-0.25, -0.2) is 0 Å². The first kappa shape index (κ1) is 21.6. The predicted octanol–water partition coefficient (Wildman–Crippen LogP) is 3.48. The minimum atomic E-state index is -0.324. The minimum Gasteiger partial charge on any atom is -0.497 e. The van der Waals surface area contributed by atoms with E-state index in [1.807, 2.05) is 60.7 Å². The van der Waals surface area contributed by atoms with E-state index in [9.17, 15) is 9.59 Å². The summed E-state index contributed by atoms with van der Waals surface area (Å²) in [5.41, 5.74) is 3.03. The van der Waals surface area contributed by atoms with Gasteiger partial charge in [-0.15, -0.1) is 0 Å². The highest BCUT2D eigenvalue weighted by Crippen LogP contribution is 2.58. The summed E-state index contributed by atoms with van der Waals surface area (Å²) >= 11 is 0. The molecule has 1 saturated carbocycles. The Bertz CT molecular complexity index is 1030. The van der Waals surface area contributed by atoms with Crippen molar-refractivity contribution in [3.05, 3.63) is 102 Å². The van der Waals surface area contributed by atoms with Gasteiger partial charge in [0.25, 0.3) is 0 Å². The van der Waals surface area contributed by atoms with E-state index in [0.29, 0.717) is 13.0 Å². The average Bonchev–Trinajstić information content (AvgIpc) is 3.61. The summed E-state index contributed by atoms with van der Waals surface area (Å²) < 4.78 is 5.22. The first-order chi connectivity index (χ1) is 15.6. The van der Waals surface area contributed by atoms with Gasteiger partial charge in [0.15, 0.2) is 0 Å². The fraction of sp³-hybridized carbons (Fsp3) is 0.259. The Hall–Kier alpha value is -3.60. The molecule has 0 aromatic heterocycles. The average molecular weight is 429 g/mol. The largest absolute Gasteiger partial charge is 0.497 e. The van der Waals surface area contributed by atoms with Gasteiger partial charge in [0, 0.05) is 12.0 Å². The summed E-state index contributed by atoms with van der Waals surface area (Å²) in [4.78, 5) is 25.2. The van der Waals surface area contributed by atoms with Crippen LogP contribution in [0.2, 0.25) is 0 Å². The van der Waals surface area contributed by atoms with Crippen LogP contribution in [0.3, 0.4) is 0 Å². The molecule has 1 aliphatic carbocycles. The van der Waals surface area contributed by atoms with Crippen molar-refractivity contribution in [3.63, 3.8) is 0 Å². The monoisotopic (exact) mass is 428 g/mol. The highest BCUT2D eigenvalue weighted by molar-refractivity contribution is 5.89. The van der Waals surface area contributed by atoms with Crippen molar-refractivity contribution in [1.29, 1.82) is 0 Å². The van der Waals surface area contributed by atoms with Gasteiger partial charge in [0.1, 0.15) is 5.75 Å². The van der Waals surface area contributed by atoms with Gasteiger partial charge >= 0.3 is 0 Å². The van der Waals surface area contributed by atoms with Crippen LogP contribution < -0.4 is 15.4 Å². The number of amides is 2. The van der Waals surface area contributed by atoms with Crippen molar-refractivity contribution >= 4 is 11.8 Å². The lowest BCUT2D eigenvalue weighted by molar-refractivity contribution is -0.127. The molecule has 3 aromatic carbocycles. The second-order valence-electron chi connectivity index (χ2n) is 8.13. The fourth-order valence-electron chi connectivity index (χ4n) is 4.38. The van der Waals surface area contributed by atoms with E-state index < -0.39 is 0 Å². The summed E-state index contributed by atoms with van der Waals surface area (Å²) in [5, 5.41) is 5.71. The summed E-state index contributed by atoms with van der Waals surface area (Å²) in [5.74, 6) is 0.343. The van der Waals surface area contributed by atoms with Crippen molar-refractivity contribution in [3.8, 4) is 5.75 Å². The van der Waals surface area contributed by atoms with E-state index in [1.165, 1.54) is 0 Å². The topological polar surface area (TPSA) is 67.4 Å². The molecule has 4 rings (SSSR count). The van der Waals surface area contributed by atoms with E-state index in [1.54, 1.807) is 7.11 Å². The number of ether oxygens (including phenoxy) is 1. The molecule has 0 spiro atoms. The Morgan fingerprint density at radius 2 is 1.56 bits per heavy atom. The normalized spacial score (nSPS) is 16.1. The third-order valence-corrected chi connectivity index (χ3v) is 6.15. The molecule has 164 valence electrons. The van der Waals surface area contributed by atoms with Crippen molar-refractivity contribution < 1.29 is 14.3 Å². The van der Waals surface area contributed by atoms with Crippen LogP contribution in [-0.4, -0.2) is 32.0 Å². The number of hydrogen-bond acceptors (Lipinski definition) is 3. The van der Waals surface area contributed by atoms with E-state index in [4.69, 9.17) is 4.74 Å². The number of rotatable bonds is 9. The lowest BCUT2D eigenvalue weighted by Gasteiger charge is -2.19. The van der Waals surface area contributed by atoms with E-state index in [0.717, 1.165) is 28.9 Å². The molecule has 0 radical (unpaired) electrons. The molecule has 3 aromatic rings. The summed E-state index contributed by atoms with van der Waals surface area (Å²) in [6.45, 7) is 0.483. The Labute approximate surface area is 188 Å². The Kier molecular flexibility index (Phi) is 6.55. The van der Waals surface area contributed by atoms with Gasteiger partial charge in [0.05, 0.1) is 19.6 Å². The third-order valence-electron chi connectivity index (χ3n) is 6.15. The van der Waals surface area contributed by atoms with Crippen molar-refractivity contribution in [2.75, 3.05) is 20.2 Å². The lowest BCUT2D eigenvalue weighted by Crippen LogP contribution is -2.39. The lowest BCUT2D eigenvalue weighted by atomic mass is 9.85. The molecule has 1 unspecified atom stereocenters. The SMILES string of the molecule is COc1cccc(CCNC(=O)CNC(=O)C2CC2(c2ccccc2)c2ccccc2)c1. The van der Waals surface area contributed by atoms with E-state index in [2.05, 4.69) is 34.9 Å². The molecule has 1 atom stereocenters. The minimum absolute atomic E-state index is 0.0207. The molecule has 0 heterocycles. The van der Waals surface area contributed by atoms with Crippen LogP contribution in [-0.2, 0) is 21.4 Å². The second kappa shape index (κ2) is 9.69. The van der Waals surface area contributed by atoms with Crippen LogP contribution in [0, 0.1) is 5.92 Å². The third kappa shape index (κ3) is 4.67. The Morgan fingerprint density at radius 1 is 0.906 bits per heavy atom. The van der Waals surface area contributed by atoms with Crippen LogP contribution in [0.1, 0.15) is 23.1 Å². The molecular formula is C27H28N2O3. The van der Waals surface area contributed by atoms with Crippen LogP contribution in [0.4, 0.5) is 0 Å². The number of nitrogens with one attached hydrogen (secondary N) is 2. The summed E-state index contributed by atoms with van der Waals surface area (Å²) in [6.07, 6.45) is 1.44. The standard InChI is InChI=1S/C27H28N2O3/c1-32-23-14-8-9-20(17-23)15-16-28-25(30)19-29-26(31)24-18-27(24,21-10-4-2-5-11-21)22-12-6-3-7-13-22/h2-14,17,24H,15-16,18-19H2,1H3,(H,28,30)(H,29,31). The van der Waals surface area contributed by atoms with Gasteiger partial charge in [-0.3, -0.25) is 9.59 Å². The molecule has 1 aliphatic rings. The van der Waals surface area contributed by atoms with Gasteiger partial charge in [-0.2, -0.15) is 0 Å². The molecule has 0 aliphatic heterocycles. The molecule has 2 N–H and O–H groups in total. The number of carbonyl (C=O) groups excluding carboxylic acids is 2. The van der Waals surface area contributed by atoms with Gasteiger partial charge in [-0.1, -0.05) is 72.8 Å². The molecule has 5 nitrogen and oxygen atoms in total. The first-order valence-corrected chi connectivity index (χ1v) is 10.9. The molecule has 0 bridgehead atoms. The van der Waals surface area contributed by atoms with Crippen molar-refractivity contribution in [2.45, 2.75) is 18.3 Å². The van der Waals surface area contributed by atoms with Crippen LogP contribution >= 0.6 is 0 Å². The van der Waals surface area contributed by atoms with Crippen molar-refractivity contribution in [2.24, 2.45) is 5.92 Å². The van der Waals surface area contributed by atoms with Crippen LogP contribution in [0.5, 0.6) is 5.75 Å². The van der Waals surface area contributed by atoms with Gasteiger partial charge in [-0.05, 0) is 41.7 Å².